The van der Waals surface area contributed by atoms with Gasteiger partial charge >= 0.3 is 0 Å². The molecule has 0 radical (unpaired) electrons. The van der Waals surface area contributed by atoms with Gasteiger partial charge in [-0.2, -0.15) is 0 Å². The Bertz CT molecular complexity index is 391. The van der Waals surface area contributed by atoms with Crippen LogP contribution in [0.15, 0.2) is 18.3 Å². The molecule has 1 aliphatic rings. The van der Waals surface area contributed by atoms with Crippen LogP contribution in [0.5, 0.6) is 0 Å². The Morgan fingerprint density at radius 1 is 1.32 bits per heavy atom. The van der Waals surface area contributed by atoms with Crippen molar-refractivity contribution in [2.75, 3.05) is 11.9 Å². The van der Waals surface area contributed by atoms with Crippen molar-refractivity contribution in [2.45, 2.75) is 57.9 Å². The van der Waals surface area contributed by atoms with Crippen molar-refractivity contribution >= 4 is 5.82 Å². The maximum absolute atomic E-state index is 6.02. The van der Waals surface area contributed by atoms with E-state index in [0.29, 0.717) is 12.0 Å². The summed E-state index contributed by atoms with van der Waals surface area (Å²) in [5, 5.41) is 3.45. The van der Waals surface area contributed by atoms with Crippen molar-refractivity contribution in [1.29, 1.82) is 0 Å². The molecule has 0 saturated heterocycles. The minimum absolute atomic E-state index is 0.168. The Labute approximate surface area is 117 Å². The Balaban J connectivity index is 1.86. The number of nitrogens with one attached hydrogen (secondary N) is 1. The molecule has 1 fully saturated rings. The van der Waals surface area contributed by atoms with Crippen molar-refractivity contribution in [3.63, 3.8) is 0 Å². The highest BCUT2D eigenvalue weighted by molar-refractivity contribution is 5.37. The summed E-state index contributed by atoms with van der Waals surface area (Å²) < 4.78 is 0. The van der Waals surface area contributed by atoms with Gasteiger partial charge in [0.2, 0.25) is 0 Å². The Kier molecular flexibility index (Phi) is 4.46. The van der Waals surface area contributed by atoms with Crippen LogP contribution in [0.2, 0.25) is 0 Å². The largest absolute Gasteiger partial charge is 0.370 e. The van der Waals surface area contributed by atoms with Crippen molar-refractivity contribution in [3.8, 4) is 0 Å². The Morgan fingerprint density at radius 2 is 2.11 bits per heavy atom. The lowest BCUT2D eigenvalue weighted by Gasteiger charge is -2.27. The summed E-state index contributed by atoms with van der Waals surface area (Å²) in [7, 11) is 0. The molecule has 2 rings (SSSR count). The molecular weight excluding hydrogens is 234 g/mol. The number of anilines is 1. The first-order valence-corrected chi connectivity index (χ1v) is 7.41. The SMILES string of the molecule is CC(C)(C)c1ccc(NCC2CCCC(N)C2)nc1. The van der Waals surface area contributed by atoms with E-state index in [1.807, 2.05) is 6.20 Å². The lowest BCUT2D eigenvalue weighted by atomic mass is 9.86. The molecule has 2 atom stereocenters. The van der Waals surface area contributed by atoms with Gasteiger partial charge in [-0.3, -0.25) is 0 Å². The van der Waals surface area contributed by atoms with Gasteiger partial charge in [0.1, 0.15) is 5.82 Å². The molecule has 106 valence electrons. The van der Waals surface area contributed by atoms with Crippen LogP contribution in [-0.2, 0) is 5.41 Å². The fourth-order valence-corrected chi connectivity index (χ4v) is 2.71. The standard InChI is InChI=1S/C16H27N3/c1-16(2,3)13-7-8-15(19-11-13)18-10-12-5-4-6-14(17)9-12/h7-8,11-12,14H,4-6,9-10,17H2,1-3H3,(H,18,19). The molecule has 0 aromatic carbocycles. The molecule has 0 spiro atoms. The number of hydrogen-bond donors (Lipinski definition) is 2. The second kappa shape index (κ2) is 5.91. The first-order chi connectivity index (χ1) is 8.95. The molecule has 3 nitrogen and oxygen atoms in total. The Morgan fingerprint density at radius 3 is 2.68 bits per heavy atom. The summed E-state index contributed by atoms with van der Waals surface area (Å²) >= 11 is 0. The van der Waals surface area contributed by atoms with E-state index in [2.05, 4.69) is 43.2 Å². The minimum Gasteiger partial charge on any atom is -0.370 e. The molecule has 1 aromatic rings. The molecule has 3 heteroatoms. The van der Waals surface area contributed by atoms with Gasteiger partial charge < -0.3 is 11.1 Å². The summed E-state index contributed by atoms with van der Waals surface area (Å²) in [6.07, 6.45) is 6.88. The first kappa shape index (κ1) is 14.3. The van der Waals surface area contributed by atoms with E-state index in [-0.39, 0.29) is 5.41 Å². The molecule has 1 aliphatic carbocycles. The Hall–Kier alpha value is -1.09. The van der Waals surface area contributed by atoms with Gasteiger partial charge in [-0.25, -0.2) is 4.98 Å². The zero-order chi connectivity index (χ0) is 13.9. The van der Waals surface area contributed by atoms with Crippen LogP contribution in [0.4, 0.5) is 5.82 Å². The molecule has 0 amide bonds. The lowest BCUT2D eigenvalue weighted by molar-refractivity contribution is 0.335. The number of pyridine rings is 1. The van der Waals surface area contributed by atoms with Gasteiger partial charge in [0.25, 0.3) is 0 Å². The van der Waals surface area contributed by atoms with Crippen molar-refractivity contribution < 1.29 is 0 Å². The van der Waals surface area contributed by atoms with E-state index < -0.39 is 0 Å². The third-order valence-corrected chi connectivity index (χ3v) is 4.02. The summed E-state index contributed by atoms with van der Waals surface area (Å²) in [4.78, 5) is 4.51. The van der Waals surface area contributed by atoms with E-state index in [9.17, 15) is 0 Å². The molecule has 1 saturated carbocycles. The summed E-state index contributed by atoms with van der Waals surface area (Å²) in [5.41, 5.74) is 7.46. The zero-order valence-corrected chi connectivity index (χ0v) is 12.4. The van der Waals surface area contributed by atoms with E-state index in [1.54, 1.807) is 0 Å². The molecular formula is C16H27N3. The van der Waals surface area contributed by atoms with Crippen molar-refractivity contribution in [2.24, 2.45) is 11.7 Å². The van der Waals surface area contributed by atoms with Gasteiger partial charge in [-0.05, 0) is 42.2 Å². The number of nitrogens with zero attached hydrogens (tertiary/aromatic N) is 1. The second-order valence-electron chi connectivity index (χ2n) is 6.86. The highest BCUT2D eigenvalue weighted by Gasteiger charge is 2.19. The molecule has 1 aromatic heterocycles. The van der Waals surface area contributed by atoms with Crippen molar-refractivity contribution in [1.82, 2.24) is 4.98 Å². The number of rotatable bonds is 3. The topological polar surface area (TPSA) is 50.9 Å². The third-order valence-electron chi connectivity index (χ3n) is 4.02. The maximum atomic E-state index is 6.02. The average Bonchev–Trinajstić information content (AvgIpc) is 2.36. The fourth-order valence-electron chi connectivity index (χ4n) is 2.71. The molecule has 0 bridgehead atoms. The van der Waals surface area contributed by atoms with E-state index in [1.165, 1.54) is 24.8 Å². The highest BCUT2D eigenvalue weighted by Crippen LogP contribution is 2.24. The predicted octanol–water partition coefficient (Wildman–Crippen LogP) is 3.31. The molecule has 1 heterocycles. The number of aromatic nitrogens is 1. The number of hydrogen-bond acceptors (Lipinski definition) is 3. The summed E-state index contributed by atoms with van der Waals surface area (Å²) in [5.74, 6) is 1.68. The number of nitrogens with two attached hydrogens (primary N) is 1. The molecule has 19 heavy (non-hydrogen) atoms. The van der Waals surface area contributed by atoms with Crippen LogP contribution < -0.4 is 11.1 Å². The smallest absolute Gasteiger partial charge is 0.125 e. The van der Waals surface area contributed by atoms with Crippen LogP contribution in [-0.4, -0.2) is 17.6 Å². The maximum Gasteiger partial charge on any atom is 0.125 e. The van der Waals surface area contributed by atoms with Gasteiger partial charge in [-0.1, -0.05) is 33.3 Å². The second-order valence-corrected chi connectivity index (χ2v) is 6.86. The molecule has 3 N–H and O–H groups in total. The minimum atomic E-state index is 0.168. The van der Waals surface area contributed by atoms with Gasteiger partial charge in [0, 0.05) is 18.8 Å². The van der Waals surface area contributed by atoms with Crippen LogP contribution >= 0.6 is 0 Å². The fraction of sp³-hybridized carbons (Fsp3) is 0.688. The quantitative estimate of drug-likeness (QED) is 0.877. The van der Waals surface area contributed by atoms with Crippen molar-refractivity contribution in [3.05, 3.63) is 23.9 Å². The zero-order valence-electron chi connectivity index (χ0n) is 12.4. The highest BCUT2D eigenvalue weighted by atomic mass is 15.0. The van der Waals surface area contributed by atoms with E-state index in [4.69, 9.17) is 5.73 Å². The summed E-state index contributed by atoms with van der Waals surface area (Å²) in [6.45, 7) is 7.62. The van der Waals surface area contributed by atoms with Crippen LogP contribution in [0, 0.1) is 5.92 Å². The first-order valence-electron chi connectivity index (χ1n) is 7.41. The molecule has 0 aliphatic heterocycles. The van der Waals surface area contributed by atoms with Gasteiger partial charge in [0.05, 0.1) is 0 Å². The van der Waals surface area contributed by atoms with E-state index >= 15 is 0 Å². The normalized spacial score (nSPS) is 24.2. The van der Waals surface area contributed by atoms with Crippen LogP contribution in [0.1, 0.15) is 52.0 Å². The van der Waals surface area contributed by atoms with E-state index in [0.717, 1.165) is 18.8 Å². The van der Waals surface area contributed by atoms with Crippen LogP contribution in [0.25, 0.3) is 0 Å². The average molecular weight is 261 g/mol. The van der Waals surface area contributed by atoms with Gasteiger partial charge in [0.15, 0.2) is 0 Å². The van der Waals surface area contributed by atoms with Crippen LogP contribution in [0.3, 0.4) is 0 Å². The predicted molar refractivity (Wildman–Crippen MR) is 81.4 cm³/mol. The summed E-state index contributed by atoms with van der Waals surface area (Å²) in [6, 6.07) is 4.66. The van der Waals surface area contributed by atoms with Gasteiger partial charge in [-0.15, -0.1) is 0 Å². The third kappa shape index (κ3) is 4.20. The monoisotopic (exact) mass is 261 g/mol. The lowest BCUT2D eigenvalue weighted by Crippen LogP contribution is -2.31. The molecule has 2 unspecified atom stereocenters.